The number of aliphatic hydroxyl groups is 1. The van der Waals surface area contributed by atoms with Gasteiger partial charge in [0.2, 0.25) is 0 Å². The highest BCUT2D eigenvalue weighted by molar-refractivity contribution is 7.87. The first-order valence-corrected chi connectivity index (χ1v) is 9.89. The van der Waals surface area contributed by atoms with Gasteiger partial charge in [0.1, 0.15) is 23.0 Å². The van der Waals surface area contributed by atoms with E-state index in [1.165, 1.54) is 6.08 Å². The van der Waals surface area contributed by atoms with E-state index < -0.39 is 17.2 Å². The molecule has 0 bridgehead atoms. The van der Waals surface area contributed by atoms with Crippen LogP contribution >= 0.6 is 0 Å². The predicted octanol–water partition coefficient (Wildman–Crippen LogP) is 3.06. The molecule has 0 spiro atoms. The highest BCUT2D eigenvalue weighted by Crippen LogP contribution is 2.31. The van der Waals surface area contributed by atoms with Gasteiger partial charge in [-0.3, -0.25) is 5.32 Å². The summed E-state index contributed by atoms with van der Waals surface area (Å²) in [5.74, 6) is 0.119. The number of aliphatic hydroxyl groups excluding tert-OH is 1. The van der Waals surface area contributed by atoms with Crippen molar-refractivity contribution in [1.82, 2.24) is 10.0 Å². The molecule has 0 radical (unpaired) electrons. The Kier molecular flexibility index (Phi) is 7.34. The van der Waals surface area contributed by atoms with Crippen molar-refractivity contribution >= 4 is 11.0 Å². The Labute approximate surface area is 146 Å². The largest absolute Gasteiger partial charge is 0.378 e. The third-order valence-corrected chi connectivity index (χ3v) is 6.00. The number of rotatable bonds is 6. The van der Waals surface area contributed by atoms with Crippen molar-refractivity contribution in [3.05, 3.63) is 34.5 Å². The first kappa shape index (κ1) is 19.5. The maximum Gasteiger partial charge on any atom is 0.121 e. The van der Waals surface area contributed by atoms with Crippen molar-refractivity contribution in [2.24, 2.45) is 11.8 Å². The molecule has 0 aromatic rings. The summed E-state index contributed by atoms with van der Waals surface area (Å²) in [6, 6.07) is -0.0490. The monoisotopic (exact) mass is 356 g/mol. The molecule has 0 saturated heterocycles. The summed E-state index contributed by atoms with van der Waals surface area (Å²) >= 11 is 0. The van der Waals surface area contributed by atoms with Gasteiger partial charge in [-0.05, 0) is 50.2 Å². The average Bonchev–Trinajstić information content (AvgIpc) is 2.70. The molecular formula is C18H29FN2O2S. The third kappa shape index (κ3) is 5.34. The normalized spacial score (nSPS) is 30.7. The van der Waals surface area contributed by atoms with E-state index in [0.717, 1.165) is 23.3 Å². The van der Waals surface area contributed by atoms with E-state index in [4.69, 9.17) is 0 Å². The summed E-state index contributed by atoms with van der Waals surface area (Å²) in [6.07, 6.45) is 7.54. The summed E-state index contributed by atoms with van der Waals surface area (Å²) < 4.78 is 28.7. The lowest BCUT2D eigenvalue weighted by atomic mass is 9.86. The summed E-state index contributed by atoms with van der Waals surface area (Å²) in [5.41, 5.74) is 0.752. The SMILES string of the molecule is CCNS(=O)C1=C[C@@H](C)CC(C(O)NC2C=CC(F)=C(C)CC2)C1. The lowest BCUT2D eigenvalue weighted by molar-refractivity contribution is 0.0562. The van der Waals surface area contributed by atoms with E-state index >= 15 is 0 Å². The van der Waals surface area contributed by atoms with Crippen LogP contribution in [0.4, 0.5) is 4.39 Å². The molecule has 6 heteroatoms. The van der Waals surface area contributed by atoms with Crippen molar-refractivity contribution in [2.45, 2.75) is 58.7 Å². The maximum absolute atomic E-state index is 13.6. The topological polar surface area (TPSA) is 61.4 Å². The quantitative estimate of drug-likeness (QED) is 0.641. The molecule has 4 unspecified atom stereocenters. The van der Waals surface area contributed by atoms with Gasteiger partial charge in [-0.15, -0.1) is 0 Å². The van der Waals surface area contributed by atoms with E-state index in [1.54, 1.807) is 13.0 Å². The van der Waals surface area contributed by atoms with E-state index in [2.05, 4.69) is 23.0 Å². The van der Waals surface area contributed by atoms with Gasteiger partial charge >= 0.3 is 0 Å². The molecule has 136 valence electrons. The van der Waals surface area contributed by atoms with Gasteiger partial charge in [0.05, 0.1) is 0 Å². The Morgan fingerprint density at radius 2 is 2.25 bits per heavy atom. The Bertz CT molecular complexity index is 559. The number of hydrogen-bond donors (Lipinski definition) is 3. The van der Waals surface area contributed by atoms with Crippen LogP contribution in [0.15, 0.2) is 34.5 Å². The van der Waals surface area contributed by atoms with Crippen LogP contribution in [0.5, 0.6) is 0 Å². The molecule has 0 heterocycles. The van der Waals surface area contributed by atoms with E-state index in [0.29, 0.717) is 19.4 Å². The highest BCUT2D eigenvalue weighted by Gasteiger charge is 2.29. The highest BCUT2D eigenvalue weighted by atomic mass is 32.2. The molecule has 2 aliphatic carbocycles. The molecule has 2 aliphatic rings. The average molecular weight is 357 g/mol. The van der Waals surface area contributed by atoms with Crippen LogP contribution in [0.25, 0.3) is 0 Å². The molecule has 24 heavy (non-hydrogen) atoms. The molecule has 0 aromatic heterocycles. The fourth-order valence-corrected chi connectivity index (χ4v) is 4.47. The molecule has 0 fully saturated rings. The molecule has 5 atom stereocenters. The van der Waals surface area contributed by atoms with Crippen LogP contribution < -0.4 is 10.0 Å². The zero-order chi connectivity index (χ0) is 17.7. The summed E-state index contributed by atoms with van der Waals surface area (Å²) in [7, 11) is -1.18. The number of halogens is 1. The Morgan fingerprint density at radius 1 is 1.50 bits per heavy atom. The molecule has 4 nitrogen and oxygen atoms in total. The van der Waals surface area contributed by atoms with Crippen LogP contribution in [-0.2, 0) is 11.0 Å². The van der Waals surface area contributed by atoms with Gasteiger partial charge in [0.25, 0.3) is 0 Å². The zero-order valence-electron chi connectivity index (χ0n) is 14.7. The smallest absolute Gasteiger partial charge is 0.121 e. The van der Waals surface area contributed by atoms with Gasteiger partial charge in [-0.25, -0.2) is 13.3 Å². The molecule has 0 aromatic carbocycles. The number of nitrogens with one attached hydrogen (secondary N) is 2. The first-order valence-electron chi connectivity index (χ1n) is 8.74. The van der Waals surface area contributed by atoms with Crippen LogP contribution in [0.2, 0.25) is 0 Å². The third-order valence-electron chi connectivity index (χ3n) is 4.67. The molecule has 0 saturated carbocycles. The fourth-order valence-electron chi connectivity index (χ4n) is 3.30. The Morgan fingerprint density at radius 3 is 2.96 bits per heavy atom. The van der Waals surface area contributed by atoms with Gasteiger partial charge in [0, 0.05) is 23.4 Å². The summed E-state index contributed by atoms with van der Waals surface area (Å²) in [4.78, 5) is 0.862. The minimum atomic E-state index is -1.18. The Hall–Kier alpha value is -0.820. The molecule has 0 amide bonds. The van der Waals surface area contributed by atoms with Gasteiger partial charge in [0.15, 0.2) is 0 Å². The first-order chi connectivity index (χ1) is 11.4. The van der Waals surface area contributed by atoms with Gasteiger partial charge < -0.3 is 5.11 Å². The molecule has 0 aliphatic heterocycles. The van der Waals surface area contributed by atoms with Crippen LogP contribution in [0.1, 0.15) is 46.5 Å². The maximum atomic E-state index is 13.6. The van der Waals surface area contributed by atoms with Crippen molar-refractivity contribution in [3.8, 4) is 0 Å². The molecule has 2 rings (SSSR count). The second-order valence-electron chi connectivity index (χ2n) is 6.82. The van der Waals surface area contributed by atoms with Crippen LogP contribution in [0, 0.1) is 11.8 Å². The van der Waals surface area contributed by atoms with Crippen LogP contribution in [-0.4, -0.2) is 28.1 Å². The zero-order valence-corrected chi connectivity index (χ0v) is 15.5. The van der Waals surface area contributed by atoms with Crippen molar-refractivity contribution in [3.63, 3.8) is 0 Å². The van der Waals surface area contributed by atoms with E-state index in [-0.39, 0.29) is 23.7 Å². The number of hydrogen-bond acceptors (Lipinski definition) is 3. The Balaban J connectivity index is 1.95. The van der Waals surface area contributed by atoms with Crippen LogP contribution in [0.3, 0.4) is 0 Å². The number of allylic oxidation sites excluding steroid dienone is 5. The molecular weight excluding hydrogens is 327 g/mol. The second-order valence-corrected chi connectivity index (χ2v) is 8.17. The van der Waals surface area contributed by atoms with Crippen molar-refractivity contribution in [2.75, 3.05) is 6.54 Å². The predicted molar refractivity (Wildman–Crippen MR) is 96.9 cm³/mol. The minimum Gasteiger partial charge on any atom is -0.378 e. The van der Waals surface area contributed by atoms with Crippen molar-refractivity contribution < 1.29 is 13.7 Å². The second kappa shape index (κ2) is 9.04. The lowest BCUT2D eigenvalue weighted by Crippen LogP contribution is -2.43. The summed E-state index contributed by atoms with van der Waals surface area (Å²) in [5, 5.41) is 13.8. The minimum absolute atomic E-state index is 0.0122. The molecule has 3 N–H and O–H groups in total. The van der Waals surface area contributed by atoms with Crippen molar-refractivity contribution in [1.29, 1.82) is 0 Å². The van der Waals surface area contributed by atoms with Gasteiger partial charge in [-0.2, -0.15) is 0 Å². The fraction of sp³-hybridized carbons (Fsp3) is 0.667. The lowest BCUT2D eigenvalue weighted by Gasteiger charge is -2.32. The summed E-state index contributed by atoms with van der Waals surface area (Å²) in [6.45, 7) is 6.45. The van der Waals surface area contributed by atoms with E-state index in [1.807, 2.05) is 6.92 Å². The van der Waals surface area contributed by atoms with E-state index in [9.17, 15) is 13.7 Å². The standard InChI is InChI=1S/C18H29FN2O2S/c1-4-20-24(23)16-10-12(2)9-14(11-16)18(22)21-15-6-5-13(3)17(19)8-7-15/h7-8,10,12,14-15,18,20-22H,4-6,9,11H2,1-3H3/t12-,14?,15?,18?,24?/m0/s1. The van der Waals surface area contributed by atoms with Gasteiger partial charge in [-0.1, -0.05) is 26.0 Å².